The minimum absolute atomic E-state index is 0.0250. The number of benzene rings is 1. The van der Waals surface area contributed by atoms with Crippen LogP contribution in [0.3, 0.4) is 0 Å². The van der Waals surface area contributed by atoms with E-state index in [1.165, 1.54) is 0 Å². The Bertz CT molecular complexity index is 534. The SMILES string of the molecule is CCOC1CC1C(=O)NC(CC(=O)O)c1cccc(Br)c1. The van der Waals surface area contributed by atoms with E-state index in [0.717, 1.165) is 10.0 Å². The second kappa shape index (κ2) is 7.04. The zero-order valence-corrected chi connectivity index (χ0v) is 13.3. The number of amides is 1. The van der Waals surface area contributed by atoms with Crippen molar-refractivity contribution in [2.45, 2.75) is 31.9 Å². The molecule has 0 aliphatic heterocycles. The smallest absolute Gasteiger partial charge is 0.305 e. The summed E-state index contributed by atoms with van der Waals surface area (Å²) in [5.41, 5.74) is 0.772. The van der Waals surface area contributed by atoms with Gasteiger partial charge in [-0.3, -0.25) is 9.59 Å². The van der Waals surface area contributed by atoms with Gasteiger partial charge in [-0.1, -0.05) is 28.1 Å². The van der Waals surface area contributed by atoms with Crippen LogP contribution in [0.2, 0.25) is 0 Å². The molecule has 1 amide bonds. The maximum absolute atomic E-state index is 12.1. The number of hydrogen-bond acceptors (Lipinski definition) is 3. The summed E-state index contributed by atoms with van der Waals surface area (Å²) < 4.78 is 6.24. The van der Waals surface area contributed by atoms with E-state index < -0.39 is 12.0 Å². The molecule has 3 unspecified atom stereocenters. The average Bonchev–Trinajstić information content (AvgIpc) is 3.17. The van der Waals surface area contributed by atoms with Crippen LogP contribution in [0.15, 0.2) is 28.7 Å². The van der Waals surface area contributed by atoms with Crippen molar-refractivity contribution in [2.24, 2.45) is 5.92 Å². The fraction of sp³-hybridized carbons (Fsp3) is 0.467. The summed E-state index contributed by atoms with van der Waals surface area (Å²) in [6.07, 6.45) is 0.537. The molecule has 1 fully saturated rings. The Morgan fingerprint density at radius 2 is 2.29 bits per heavy atom. The topological polar surface area (TPSA) is 75.6 Å². The Hall–Kier alpha value is -1.40. The molecule has 1 aliphatic carbocycles. The number of nitrogens with one attached hydrogen (secondary N) is 1. The first-order valence-electron chi connectivity index (χ1n) is 6.90. The Morgan fingerprint density at radius 1 is 1.52 bits per heavy atom. The van der Waals surface area contributed by atoms with E-state index in [2.05, 4.69) is 21.2 Å². The first-order chi connectivity index (χ1) is 10.0. The third kappa shape index (κ3) is 4.54. The van der Waals surface area contributed by atoms with E-state index in [1.54, 1.807) is 0 Å². The second-order valence-corrected chi connectivity index (χ2v) is 5.97. The summed E-state index contributed by atoms with van der Waals surface area (Å²) in [6.45, 7) is 2.47. The molecule has 1 aromatic carbocycles. The summed E-state index contributed by atoms with van der Waals surface area (Å²) >= 11 is 3.35. The van der Waals surface area contributed by atoms with E-state index in [1.807, 2.05) is 31.2 Å². The van der Waals surface area contributed by atoms with Crippen molar-refractivity contribution in [3.63, 3.8) is 0 Å². The number of carboxylic acids is 1. The van der Waals surface area contributed by atoms with Gasteiger partial charge in [0.1, 0.15) is 0 Å². The van der Waals surface area contributed by atoms with Gasteiger partial charge in [0.05, 0.1) is 24.5 Å². The van der Waals surface area contributed by atoms with Gasteiger partial charge in [-0.15, -0.1) is 0 Å². The number of rotatable bonds is 7. The molecule has 0 aromatic heterocycles. The maximum atomic E-state index is 12.1. The van der Waals surface area contributed by atoms with Crippen LogP contribution in [0.4, 0.5) is 0 Å². The van der Waals surface area contributed by atoms with Crippen molar-refractivity contribution in [2.75, 3.05) is 6.61 Å². The highest BCUT2D eigenvalue weighted by Gasteiger charge is 2.44. The minimum atomic E-state index is -0.947. The molecule has 1 saturated carbocycles. The molecule has 0 radical (unpaired) electrons. The second-order valence-electron chi connectivity index (χ2n) is 5.05. The lowest BCUT2D eigenvalue weighted by Gasteiger charge is -2.18. The molecular weight excluding hydrogens is 338 g/mol. The molecule has 3 atom stereocenters. The Balaban J connectivity index is 2.03. The van der Waals surface area contributed by atoms with Gasteiger partial charge in [-0.2, -0.15) is 0 Å². The van der Waals surface area contributed by atoms with E-state index in [0.29, 0.717) is 13.0 Å². The molecule has 5 nitrogen and oxygen atoms in total. The summed E-state index contributed by atoms with van der Waals surface area (Å²) in [6, 6.07) is 6.78. The van der Waals surface area contributed by atoms with Crippen LogP contribution in [-0.4, -0.2) is 29.7 Å². The molecule has 2 N–H and O–H groups in total. The third-order valence-corrected chi connectivity index (χ3v) is 3.89. The molecule has 114 valence electrons. The Morgan fingerprint density at radius 3 is 2.90 bits per heavy atom. The number of hydrogen-bond donors (Lipinski definition) is 2. The molecule has 0 heterocycles. The molecule has 0 bridgehead atoms. The molecule has 0 spiro atoms. The van der Waals surface area contributed by atoms with Crippen LogP contribution in [0.25, 0.3) is 0 Å². The number of ether oxygens (including phenoxy) is 1. The van der Waals surface area contributed by atoms with Crippen molar-refractivity contribution in [1.29, 1.82) is 0 Å². The number of halogens is 1. The van der Waals surface area contributed by atoms with Crippen LogP contribution in [0, 0.1) is 5.92 Å². The average molecular weight is 356 g/mol. The van der Waals surface area contributed by atoms with Crippen LogP contribution in [0.1, 0.15) is 31.4 Å². The van der Waals surface area contributed by atoms with Crippen molar-refractivity contribution >= 4 is 27.8 Å². The minimum Gasteiger partial charge on any atom is -0.481 e. The predicted octanol–water partition coefficient (Wildman–Crippen LogP) is 2.51. The van der Waals surface area contributed by atoms with Crippen molar-refractivity contribution in [3.8, 4) is 0 Å². The summed E-state index contributed by atoms with van der Waals surface area (Å²) in [5, 5.41) is 11.9. The number of aliphatic carboxylic acids is 1. The van der Waals surface area contributed by atoms with Crippen LogP contribution in [0.5, 0.6) is 0 Å². The fourth-order valence-corrected chi connectivity index (χ4v) is 2.69. The lowest BCUT2D eigenvalue weighted by molar-refractivity contribution is -0.137. The van der Waals surface area contributed by atoms with Crippen molar-refractivity contribution in [3.05, 3.63) is 34.3 Å². The van der Waals surface area contributed by atoms with Gasteiger partial charge in [0, 0.05) is 11.1 Å². The molecule has 1 aliphatic rings. The predicted molar refractivity (Wildman–Crippen MR) is 80.8 cm³/mol. The van der Waals surface area contributed by atoms with Crippen LogP contribution < -0.4 is 5.32 Å². The van der Waals surface area contributed by atoms with E-state index in [-0.39, 0.29) is 24.3 Å². The van der Waals surface area contributed by atoms with Gasteiger partial charge in [0.15, 0.2) is 0 Å². The summed E-state index contributed by atoms with van der Waals surface area (Å²) in [7, 11) is 0. The number of carbonyl (C=O) groups excluding carboxylic acids is 1. The fourth-order valence-electron chi connectivity index (χ4n) is 2.27. The molecular formula is C15H18BrNO4. The van der Waals surface area contributed by atoms with E-state index in [9.17, 15) is 9.59 Å². The Labute approximate surface area is 131 Å². The van der Waals surface area contributed by atoms with Gasteiger partial charge in [-0.05, 0) is 31.0 Å². The van der Waals surface area contributed by atoms with E-state index >= 15 is 0 Å². The summed E-state index contributed by atoms with van der Waals surface area (Å²) in [5.74, 6) is -1.24. The van der Waals surface area contributed by atoms with E-state index in [4.69, 9.17) is 9.84 Å². The van der Waals surface area contributed by atoms with Crippen LogP contribution >= 0.6 is 15.9 Å². The molecule has 2 rings (SSSR count). The third-order valence-electron chi connectivity index (χ3n) is 3.40. The number of carboxylic acid groups (broad SMARTS) is 1. The largest absolute Gasteiger partial charge is 0.481 e. The standard InChI is InChI=1S/C15H18BrNO4/c1-2-21-13-7-11(13)15(20)17-12(8-14(18)19)9-4-3-5-10(16)6-9/h3-6,11-13H,2,7-8H2,1H3,(H,17,20)(H,18,19). The zero-order chi connectivity index (χ0) is 15.4. The van der Waals surface area contributed by atoms with Gasteiger partial charge in [-0.25, -0.2) is 0 Å². The maximum Gasteiger partial charge on any atom is 0.305 e. The molecule has 21 heavy (non-hydrogen) atoms. The van der Waals surface area contributed by atoms with Gasteiger partial charge < -0.3 is 15.2 Å². The monoisotopic (exact) mass is 355 g/mol. The zero-order valence-electron chi connectivity index (χ0n) is 11.7. The van der Waals surface area contributed by atoms with Crippen molar-refractivity contribution < 1.29 is 19.4 Å². The molecule has 1 aromatic rings. The molecule has 0 saturated heterocycles. The highest BCUT2D eigenvalue weighted by Crippen LogP contribution is 2.34. The summed E-state index contributed by atoms with van der Waals surface area (Å²) in [4.78, 5) is 23.2. The van der Waals surface area contributed by atoms with Crippen molar-refractivity contribution in [1.82, 2.24) is 5.32 Å². The highest BCUT2D eigenvalue weighted by atomic mass is 79.9. The van der Waals surface area contributed by atoms with Gasteiger partial charge in [0.2, 0.25) is 5.91 Å². The quantitative estimate of drug-likeness (QED) is 0.787. The number of carbonyl (C=O) groups is 2. The highest BCUT2D eigenvalue weighted by molar-refractivity contribution is 9.10. The first kappa shape index (κ1) is 16.0. The normalized spacial score (nSPS) is 21.6. The lowest BCUT2D eigenvalue weighted by Crippen LogP contribution is -2.32. The lowest BCUT2D eigenvalue weighted by atomic mass is 10.0. The first-order valence-corrected chi connectivity index (χ1v) is 7.69. The van der Waals surface area contributed by atoms with Crippen LogP contribution in [-0.2, 0) is 14.3 Å². The van der Waals surface area contributed by atoms with Gasteiger partial charge >= 0.3 is 5.97 Å². The Kier molecular flexibility index (Phi) is 5.36. The molecule has 6 heteroatoms. The van der Waals surface area contributed by atoms with Gasteiger partial charge in [0.25, 0.3) is 0 Å².